The average molecular weight is 433 g/mol. The Labute approximate surface area is 187 Å². The highest BCUT2D eigenvalue weighted by molar-refractivity contribution is 6.04. The Morgan fingerprint density at radius 1 is 1.09 bits per heavy atom. The molecule has 0 saturated heterocycles. The Morgan fingerprint density at radius 2 is 1.84 bits per heavy atom. The van der Waals surface area contributed by atoms with Gasteiger partial charge in [-0.25, -0.2) is 4.79 Å². The van der Waals surface area contributed by atoms with E-state index in [1.807, 2.05) is 64.1 Å². The molecule has 5 rings (SSSR count). The van der Waals surface area contributed by atoms with Crippen LogP contribution in [-0.4, -0.2) is 18.3 Å². The molecule has 0 saturated carbocycles. The van der Waals surface area contributed by atoms with E-state index >= 15 is 0 Å². The molecule has 3 atom stereocenters. The van der Waals surface area contributed by atoms with Crippen LogP contribution in [0.3, 0.4) is 0 Å². The summed E-state index contributed by atoms with van der Waals surface area (Å²) in [5.74, 6) is 1.43. The van der Waals surface area contributed by atoms with E-state index in [-0.39, 0.29) is 18.1 Å². The zero-order valence-corrected chi connectivity index (χ0v) is 19.1. The molecule has 1 aromatic heterocycles. The van der Waals surface area contributed by atoms with Crippen LogP contribution >= 0.6 is 0 Å². The largest absolute Gasteiger partial charge is 0.489 e. The molecular weight excluding hydrogens is 404 g/mol. The summed E-state index contributed by atoms with van der Waals surface area (Å²) in [6.45, 7) is 10.7. The van der Waals surface area contributed by atoms with Crippen LogP contribution in [0, 0.1) is 5.92 Å². The van der Waals surface area contributed by atoms with E-state index in [0.29, 0.717) is 23.7 Å². The Bertz CT molecular complexity index is 1270. The highest BCUT2D eigenvalue weighted by Crippen LogP contribution is 2.54. The summed E-state index contributed by atoms with van der Waals surface area (Å²) in [4.78, 5) is 12.8. The van der Waals surface area contributed by atoms with Crippen molar-refractivity contribution in [2.45, 2.75) is 52.4 Å². The van der Waals surface area contributed by atoms with Crippen molar-refractivity contribution >= 4 is 17.0 Å². The Morgan fingerprint density at radius 3 is 2.56 bits per heavy atom. The Balaban J connectivity index is 1.96. The van der Waals surface area contributed by atoms with Crippen LogP contribution in [0.15, 0.2) is 51.7 Å². The van der Waals surface area contributed by atoms with Gasteiger partial charge in [0.25, 0.3) is 0 Å². The third-order valence-electron chi connectivity index (χ3n) is 6.42. The van der Waals surface area contributed by atoms with Crippen LogP contribution in [0.2, 0.25) is 0 Å². The van der Waals surface area contributed by atoms with E-state index < -0.39 is 11.2 Å². The zero-order chi connectivity index (χ0) is 22.6. The normalized spacial score (nSPS) is 23.2. The maximum absolute atomic E-state index is 12.8. The lowest BCUT2D eigenvalue weighted by atomic mass is 9.84. The lowest BCUT2D eigenvalue weighted by Crippen LogP contribution is -2.35. The van der Waals surface area contributed by atoms with Crippen molar-refractivity contribution in [3.8, 4) is 22.6 Å². The summed E-state index contributed by atoms with van der Waals surface area (Å²) < 4.78 is 25.0. The van der Waals surface area contributed by atoms with Crippen LogP contribution in [0.4, 0.5) is 0 Å². The number of fused-ring (bicyclic) bond motifs is 6. The number of benzene rings is 2. The molecule has 2 aliphatic heterocycles. The minimum absolute atomic E-state index is 0.0621. The molecule has 2 aromatic carbocycles. The second kappa shape index (κ2) is 7.52. The number of rotatable bonds is 3. The van der Waals surface area contributed by atoms with Gasteiger partial charge < -0.3 is 18.6 Å². The number of ether oxygens (including phenoxy) is 3. The maximum atomic E-state index is 12.8. The monoisotopic (exact) mass is 432 g/mol. The number of hydrogen-bond acceptors (Lipinski definition) is 5. The van der Waals surface area contributed by atoms with Crippen molar-refractivity contribution in [3.05, 3.63) is 64.0 Å². The summed E-state index contributed by atoms with van der Waals surface area (Å²) >= 11 is 0. The van der Waals surface area contributed by atoms with Crippen LogP contribution in [0.5, 0.6) is 11.5 Å². The quantitative estimate of drug-likeness (QED) is 0.465. The first-order chi connectivity index (χ1) is 15.3. The van der Waals surface area contributed by atoms with Gasteiger partial charge in [0.05, 0.1) is 22.6 Å². The molecule has 166 valence electrons. The smallest absolute Gasteiger partial charge is 0.336 e. The first-order valence-corrected chi connectivity index (χ1v) is 11.2. The minimum Gasteiger partial charge on any atom is -0.489 e. The lowest BCUT2D eigenvalue weighted by molar-refractivity contribution is -0.0328. The fourth-order valence-corrected chi connectivity index (χ4v) is 4.68. The summed E-state index contributed by atoms with van der Waals surface area (Å²) in [7, 11) is 0. The molecule has 3 unspecified atom stereocenters. The molecular formula is C27H28O5. The standard InChI is InChI=1S/C27H28O5/c1-6-29-23-15(2)16(3)30-24-18-12-13-27(4,5)32-25(18)21-19(17-10-8-7-9-11-17)14-20(28)31-26(21)22(23)24/h7-16,23H,6H2,1-5H3. The van der Waals surface area contributed by atoms with E-state index in [9.17, 15) is 4.79 Å². The molecule has 32 heavy (non-hydrogen) atoms. The lowest BCUT2D eigenvalue weighted by Gasteiger charge is -2.39. The number of hydrogen-bond donors (Lipinski definition) is 0. The van der Waals surface area contributed by atoms with Gasteiger partial charge in [-0.2, -0.15) is 0 Å². The summed E-state index contributed by atoms with van der Waals surface area (Å²) in [6.07, 6.45) is 3.77. The molecule has 3 heterocycles. The predicted molar refractivity (Wildman–Crippen MR) is 125 cm³/mol. The van der Waals surface area contributed by atoms with E-state index in [4.69, 9.17) is 18.6 Å². The fourth-order valence-electron chi connectivity index (χ4n) is 4.68. The highest BCUT2D eigenvalue weighted by Gasteiger charge is 2.41. The van der Waals surface area contributed by atoms with Gasteiger partial charge in [0, 0.05) is 24.2 Å². The summed E-state index contributed by atoms with van der Waals surface area (Å²) in [5, 5.41) is 0.775. The van der Waals surface area contributed by atoms with Crippen LogP contribution < -0.4 is 15.1 Å². The van der Waals surface area contributed by atoms with Crippen LogP contribution in [-0.2, 0) is 4.74 Å². The highest BCUT2D eigenvalue weighted by atomic mass is 16.5. The van der Waals surface area contributed by atoms with Crippen molar-refractivity contribution in [3.63, 3.8) is 0 Å². The van der Waals surface area contributed by atoms with E-state index in [1.54, 1.807) is 6.07 Å². The summed E-state index contributed by atoms with van der Waals surface area (Å²) in [6, 6.07) is 11.4. The molecule has 0 aliphatic carbocycles. The van der Waals surface area contributed by atoms with Crippen molar-refractivity contribution in [1.82, 2.24) is 0 Å². The van der Waals surface area contributed by atoms with Crippen LogP contribution in [0.25, 0.3) is 28.2 Å². The molecule has 5 heteroatoms. The van der Waals surface area contributed by atoms with Crippen molar-refractivity contribution in [2.75, 3.05) is 6.61 Å². The van der Waals surface area contributed by atoms with E-state index in [1.165, 1.54) is 0 Å². The topological polar surface area (TPSA) is 57.9 Å². The summed E-state index contributed by atoms with van der Waals surface area (Å²) in [5.41, 5.74) is 2.91. The van der Waals surface area contributed by atoms with Crippen LogP contribution in [0.1, 0.15) is 51.8 Å². The van der Waals surface area contributed by atoms with Crippen molar-refractivity contribution < 1.29 is 18.6 Å². The average Bonchev–Trinajstić information content (AvgIpc) is 2.76. The predicted octanol–water partition coefficient (Wildman–Crippen LogP) is 6.14. The first-order valence-electron chi connectivity index (χ1n) is 11.2. The third kappa shape index (κ3) is 3.23. The van der Waals surface area contributed by atoms with Gasteiger partial charge in [-0.1, -0.05) is 37.3 Å². The molecule has 0 N–H and O–H groups in total. The fraction of sp³-hybridized carbons (Fsp3) is 0.370. The third-order valence-corrected chi connectivity index (χ3v) is 6.42. The molecule has 5 nitrogen and oxygen atoms in total. The van der Waals surface area contributed by atoms with Gasteiger partial charge in [-0.05, 0) is 45.4 Å². The minimum atomic E-state index is -0.509. The first kappa shape index (κ1) is 20.8. The molecule has 2 aliphatic rings. The second-order valence-electron chi connectivity index (χ2n) is 9.13. The Kier molecular flexibility index (Phi) is 4.90. The van der Waals surface area contributed by atoms with Gasteiger partial charge in [0.2, 0.25) is 0 Å². The zero-order valence-electron chi connectivity index (χ0n) is 19.1. The second-order valence-corrected chi connectivity index (χ2v) is 9.13. The van der Waals surface area contributed by atoms with Gasteiger partial charge in [-0.15, -0.1) is 0 Å². The van der Waals surface area contributed by atoms with Crippen molar-refractivity contribution in [2.24, 2.45) is 5.92 Å². The molecule has 0 spiro atoms. The molecule has 0 bridgehead atoms. The Hall–Kier alpha value is -3.05. The molecule has 3 aromatic rings. The molecule has 0 fully saturated rings. The van der Waals surface area contributed by atoms with Gasteiger partial charge in [-0.3, -0.25) is 0 Å². The molecule has 0 radical (unpaired) electrons. The van der Waals surface area contributed by atoms with E-state index in [2.05, 4.69) is 13.0 Å². The van der Waals surface area contributed by atoms with Gasteiger partial charge in [0.15, 0.2) is 5.58 Å². The van der Waals surface area contributed by atoms with Gasteiger partial charge in [0.1, 0.15) is 23.2 Å². The van der Waals surface area contributed by atoms with E-state index in [0.717, 1.165) is 27.6 Å². The van der Waals surface area contributed by atoms with Gasteiger partial charge >= 0.3 is 5.63 Å². The van der Waals surface area contributed by atoms with Crippen molar-refractivity contribution in [1.29, 1.82) is 0 Å². The maximum Gasteiger partial charge on any atom is 0.336 e. The molecule has 0 amide bonds. The SMILES string of the molecule is CCOC1c2c(c3c(c4c(-c5ccccc5)cc(=O)oc24)OC(C)(C)C=C3)OC(C)C1C.